The Morgan fingerprint density at radius 2 is 2.07 bits per heavy atom. The average Bonchev–Trinajstić information content (AvgIpc) is 2.41. The van der Waals surface area contributed by atoms with Crippen molar-refractivity contribution in [1.29, 1.82) is 0 Å². The summed E-state index contributed by atoms with van der Waals surface area (Å²) in [5.41, 5.74) is 0.932. The normalized spacial score (nSPS) is 13.6. The maximum atomic E-state index is 11.9. The molecule has 0 aliphatic carbocycles. The fourth-order valence-electron chi connectivity index (χ4n) is 1.31. The SMILES string of the molecule is Cc1nc(C)c(C(C)NCC(F)F)s1. The van der Waals surface area contributed by atoms with Gasteiger partial charge in [-0.15, -0.1) is 11.3 Å². The lowest BCUT2D eigenvalue weighted by Gasteiger charge is -2.11. The predicted molar refractivity (Wildman–Crippen MR) is 54.0 cm³/mol. The highest BCUT2D eigenvalue weighted by Gasteiger charge is 2.13. The Hall–Kier alpha value is -0.550. The molecular formula is C9H14F2N2S. The van der Waals surface area contributed by atoms with Crippen LogP contribution in [0, 0.1) is 13.8 Å². The van der Waals surface area contributed by atoms with E-state index in [4.69, 9.17) is 0 Å². The van der Waals surface area contributed by atoms with Gasteiger partial charge in [0.25, 0.3) is 6.43 Å². The molecule has 1 rings (SSSR count). The predicted octanol–water partition coefficient (Wildman–Crippen LogP) is 2.68. The first-order chi connectivity index (χ1) is 6.50. The Kier molecular flexibility index (Phi) is 3.95. The van der Waals surface area contributed by atoms with Gasteiger partial charge in [0.1, 0.15) is 0 Å². The Balaban J connectivity index is 2.60. The lowest BCUT2D eigenvalue weighted by Crippen LogP contribution is -2.24. The minimum absolute atomic E-state index is 0.0461. The van der Waals surface area contributed by atoms with Crippen molar-refractivity contribution in [3.63, 3.8) is 0 Å². The lowest BCUT2D eigenvalue weighted by atomic mass is 10.2. The van der Waals surface area contributed by atoms with Gasteiger partial charge >= 0.3 is 0 Å². The molecule has 80 valence electrons. The molecule has 1 atom stereocenters. The van der Waals surface area contributed by atoms with Crippen LogP contribution in [0.1, 0.15) is 28.5 Å². The van der Waals surface area contributed by atoms with Crippen LogP contribution in [0.3, 0.4) is 0 Å². The molecule has 0 saturated carbocycles. The number of alkyl halides is 2. The van der Waals surface area contributed by atoms with Crippen LogP contribution in [-0.2, 0) is 0 Å². The largest absolute Gasteiger partial charge is 0.304 e. The molecule has 0 aliphatic heterocycles. The third kappa shape index (κ3) is 2.99. The Labute approximate surface area is 86.4 Å². The monoisotopic (exact) mass is 220 g/mol. The molecule has 1 aromatic rings. The summed E-state index contributed by atoms with van der Waals surface area (Å²) in [6.07, 6.45) is -2.30. The topological polar surface area (TPSA) is 24.9 Å². The molecule has 0 radical (unpaired) electrons. The number of aryl methyl sites for hydroxylation is 2. The number of hydrogen-bond acceptors (Lipinski definition) is 3. The van der Waals surface area contributed by atoms with Crippen LogP contribution in [0.2, 0.25) is 0 Å². The Bertz CT molecular complexity index is 299. The molecular weight excluding hydrogens is 206 g/mol. The molecule has 14 heavy (non-hydrogen) atoms. The highest BCUT2D eigenvalue weighted by Crippen LogP contribution is 2.24. The molecule has 1 aromatic heterocycles. The minimum Gasteiger partial charge on any atom is -0.304 e. The second-order valence-corrected chi connectivity index (χ2v) is 4.44. The summed E-state index contributed by atoms with van der Waals surface area (Å²) in [5.74, 6) is 0. The molecule has 1 unspecified atom stereocenters. The third-order valence-electron chi connectivity index (χ3n) is 1.91. The first-order valence-corrected chi connectivity index (χ1v) is 5.27. The molecule has 2 nitrogen and oxygen atoms in total. The second kappa shape index (κ2) is 4.79. The van der Waals surface area contributed by atoms with Gasteiger partial charge in [0.05, 0.1) is 17.2 Å². The molecule has 5 heteroatoms. The number of hydrogen-bond donors (Lipinski definition) is 1. The maximum Gasteiger partial charge on any atom is 0.250 e. The Morgan fingerprint density at radius 3 is 2.50 bits per heavy atom. The fraction of sp³-hybridized carbons (Fsp3) is 0.667. The number of thiazole rings is 1. The molecule has 0 amide bonds. The van der Waals surface area contributed by atoms with Gasteiger partial charge < -0.3 is 5.32 Å². The van der Waals surface area contributed by atoms with E-state index < -0.39 is 6.43 Å². The molecule has 0 saturated heterocycles. The summed E-state index contributed by atoms with van der Waals surface area (Å²) < 4.78 is 23.9. The summed E-state index contributed by atoms with van der Waals surface area (Å²) in [4.78, 5) is 5.29. The van der Waals surface area contributed by atoms with Crippen molar-refractivity contribution in [2.45, 2.75) is 33.2 Å². The van der Waals surface area contributed by atoms with Gasteiger partial charge in [-0.2, -0.15) is 0 Å². The molecule has 1 heterocycles. The van der Waals surface area contributed by atoms with Crippen LogP contribution in [-0.4, -0.2) is 18.0 Å². The Morgan fingerprint density at radius 1 is 1.43 bits per heavy atom. The lowest BCUT2D eigenvalue weighted by molar-refractivity contribution is 0.142. The quantitative estimate of drug-likeness (QED) is 0.843. The van der Waals surface area contributed by atoms with E-state index in [0.717, 1.165) is 15.6 Å². The fourth-order valence-corrected chi connectivity index (χ4v) is 2.26. The van der Waals surface area contributed by atoms with Crippen LogP contribution in [0.25, 0.3) is 0 Å². The van der Waals surface area contributed by atoms with E-state index in [0.29, 0.717) is 0 Å². The summed E-state index contributed by atoms with van der Waals surface area (Å²) in [5, 5.41) is 3.75. The van der Waals surface area contributed by atoms with Crippen molar-refractivity contribution >= 4 is 11.3 Å². The van der Waals surface area contributed by atoms with E-state index in [2.05, 4.69) is 10.3 Å². The number of nitrogens with one attached hydrogen (secondary N) is 1. The van der Waals surface area contributed by atoms with Crippen LogP contribution >= 0.6 is 11.3 Å². The van der Waals surface area contributed by atoms with Crippen LogP contribution in [0.5, 0.6) is 0 Å². The van der Waals surface area contributed by atoms with Crippen molar-refractivity contribution < 1.29 is 8.78 Å². The number of rotatable bonds is 4. The molecule has 0 spiro atoms. The standard InChI is InChI=1S/C9H14F2N2S/c1-5(12-4-8(10)11)9-6(2)13-7(3)14-9/h5,8,12H,4H2,1-3H3. The van der Waals surface area contributed by atoms with E-state index >= 15 is 0 Å². The third-order valence-corrected chi connectivity index (χ3v) is 3.17. The van der Waals surface area contributed by atoms with Gasteiger partial charge in [0, 0.05) is 10.9 Å². The number of nitrogens with zero attached hydrogens (tertiary/aromatic N) is 1. The maximum absolute atomic E-state index is 11.9. The zero-order valence-electron chi connectivity index (χ0n) is 8.47. The van der Waals surface area contributed by atoms with Gasteiger partial charge in [0.2, 0.25) is 0 Å². The molecule has 1 N–H and O–H groups in total. The second-order valence-electron chi connectivity index (χ2n) is 3.20. The van der Waals surface area contributed by atoms with Crippen LogP contribution in [0.4, 0.5) is 8.78 Å². The first kappa shape index (κ1) is 11.5. The van der Waals surface area contributed by atoms with Gasteiger partial charge in [0.15, 0.2) is 0 Å². The van der Waals surface area contributed by atoms with Crippen molar-refractivity contribution in [2.24, 2.45) is 0 Å². The number of halogens is 2. The van der Waals surface area contributed by atoms with Crippen molar-refractivity contribution in [2.75, 3.05) is 6.54 Å². The van der Waals surface area contributed by atoms with E-state index in [-0.39, 0.29) is 12.6 Å². The van der Waals surface area contributed by atoms with Gasteiger partial charge in [-0.05, 0) is 20.8 Å². The van der Waals surface area contributed by atoms with E-state index in [9.17, 15) is 8.78 Å². The van der Waals surface area contributed by atoms with E-state index in [1.54, 1.807) is 11.3 Å². The summed E-state index contributed by atoms with van der Waals surface area (Å²) in [7, 11) is 0. The average molecular weight is 220 g/mol. The van der Waals surface area contributed by atoms with E-state index in [1.807, 2.05) is 20.8 Å². The summed E-state index contributed by atoms with van der Waals surface area (Å²) in [6, 6.07) is -0.0461. The smallest absolute Gasteiger partial charge is 0.250 e. The zero-order valence-corrected chi connectivity index (χ0v) is 9.29. The summed E-state index contributed by atoms with van der Waals surface area (Å²) >= 11 is 1.56. The van der Waals surface area contributed by atoms with E-state index in [1.165, 1.54) is 0 Å². The minimum atomic E-state index is -2.30. The molecule has 0 aliphatic rings. The van der Waals surface area contributed by atoms with Gasteiger partial charge in [-0.1, -0.05) is 0 Å². The van der Waals surface area contributed by atoms with Crippen molar-refractivity contribution in [3.05, 3.63) is 15.6 Å². The van der Waals surface area contributed by atoms with Crippen LogP contribution in [0.15, 0.2) is 0 Å². The molecule has 0 bridgehead atoms. The highest BCUT2D eigenvalue weighted by atomic mass is 32.1. The molecule has 0 aromatic carbocycles. The van der Waals surface area contributed by atoms with Crippen molar-refractivity contribution in [3.8, 4) is 0 Å². The van der Waals surface area contributed by atoms with Gasteiger partial charge in [-0.3, -0.25) is 0 Å². The zero-order chi connectivity index (χ0) is 10.7. The number of aromatic nitrogens is 1. The van der Waals surface area contributed by atoms with Gasteiger partial charge in [-0.25, -0.2) is 13.8 Å². The molecule has 0 fully saturated rings. The van der Waals surface area contributed by atoms with Crippen LogP contribution < -0.4 is 5.32 Å². The first-order valence-electron chi connectivity index (χ1n) is 4.46. The highest BCUT2D eigenvalue weighted by molar-refractivity contribution is 7.11. The van der Waals surface area contributed by atoms with Crippen molar-refractivity contribution in [1.82, 2.24) is 10.3 Å². The summed E-state index contributed by atoms with van der Waals surface area (Å²) in [6.45, 7) is 5.43.